The lowest BCUT2D eigenvalue weighted by Crippen LogP contribution is -2.27. The van der Waals surface area contributed by atoms with Crippen molar-refractivity contribution in [1.82, 2.24) is 10.6 Å². The van der Waals surface area contributed by atoms with Crippen LogP contribution in [0.5, 0.6) is 11.5 Å². The molecule has 0 aliphatic heterocycles. The number of methoxy groups -OCH3 is 2. The summed E-state index contributed by atoms with van der Waals surface area (Å²) in [4.78, 5) is 11.8. The maximum Gasteiger partial charge on any atom is 0.221 e. The maximum absolute atomic E-state index is 13.5. The van der Waals surface area contributed by atoms with Crippen LogP contribution in [-0.4, -0.2) is 26.7 Å². The Kier molecular flexibility index (Phi) is 7.22. The van der Waals surface area contributed by atoms with Crippen molar-refractivity contribution >= 4 is 5.91 Å². The molecular weight excluding hydrogens is 323 g/mol. The van der Waals surface area contributed by atoms with Gasteiger partial charge >= 0.3 is 0 Å². The van der Waals surface area contributed by atoms with Gasteiger partial charge in [-0.25, -0.2) is 4.39 Å². The lowest BCUT2D eigenvalue weighted by Gasteiger charge is -2.10. The SMILES string of the molecule is COc1ccc(CNCCC(=O)NCc2ccccc2F)cc1OC. The fourth-order valence-corrected chi connectivity index (χ4v) is 2.35. The molecule has 2 rings (SSSR count). The van der Waals surface area contributed by atoms with Crippen molar-refractivity contribution in [1.29, 1.82) is 0 Å². The Morgan fingerprint density at radius 2 is 1.80 bits per heavy atom. The number of amides is 1. The first-order valence-corrected chi connectivity index (χ1v) is 8.05. The van der Waals surface area contributed by atoms with Crippen molar-refractivity contribution in [3.8, 4) is 11.5 Å². The van der Waals surface area contributed by atoms with Gasteiger partial charge in [0.2, 0.25) is 5.91 Å². The standard InChI is InChI=1S/C19H23FN2O3/c1-24-17-8-7-14(11-18(17)25-2)12-21-10-9-19(23)22-13-15-5-3-4-6-16(15)20/h3-8,11,21H,9-10,12-13H2,1-2H3,(H,22,23). The van der Waals surface area contributed by atoms with E-state index in [1.807, 2.05) is 18.2 Å². The first kappa shape index (κ1) is 18.7. The minimum Gasteiger partial charge on any atom is -0.493 e. The molecule has 0 fully saturated rings. The first-order chi connectivity index (χ1) is 12.1. The Balaban J connectivity index is 1.70. The molecule has 0 bridgehead atoms. The molecule has 0 aliphatic carbocycles. The maximum atomic E-state index is 13.5. The smallest absolute Gasteiger partial charge is 0.221 e. The Bertz CT molecular complexity index is 707. The molecule has 25 heavy (non-hydrogen) atoms. The number of hydrogen-bond donors (Lipinski definition) is 2. The summed E-state index contributed by atoms with van der Waals surface area (Å²) in [6.07, 6.45) is 0.321. The molecule has 6 heteroatoms. The molecule has 1 amide bonds. The molecule has 0 radical (unpaired) electrons. The van der Waals surface area contributed by atoms with Crippen molar-refractivity contribution in [3.05, 3.63) is 59.4 Å². The lowest BCUT2D eigenvalue weighted by molar-refractivity contribution is -0.121. The highest BCUT2D eigenvalue weighted by Crippen LogP contribution is 2.27. The Labute approximate surface area is 147 Å². The summed E-state index contributed by atoms with van der Waals surface area (Å²) < 4.78 is 23.9. The molecule has 0 heterocycles. The molecule has 134 valence electrons. The van der Waals surface area contributed by atoms with E-state index in [0.717, 1.165) is 5.56 Å². The molecule has 2 N–H and O–H groups in total. The summed E-state index contributed by atoms with van der Waals surface area (Å²) in [5.74, 6) is 0.917. The van der Waals surface area contributed by atoms with Gasteiger partial charge in [0.1, 0.15) is 5.82 Å². The van der Waals surface area contributed by atoms with Gasteiger partial charge in [0.05, 0.1) is 14.2 Å². The molecule has 0 atom stereocenters. The third-order valence-electron chi connectivity index (χ3n) is 3.74. The lowest BCUT2D eigenvalue weighted by atomic mass is 10.2. The van der Waals surface area contributed by atoms with Crippen molar-refractivity contribution < 1.29 is 18.7 Å². The fraction of sp³-hybridized carbons (Fsp3) is 0.316. The second kappa shape index (κ2) is 9.64. The number of ether oxygens (including phenoxy) is 2. The topological polar surface area (TPSA) is 59.6 Å². The molecule has 0 aromatic heterocycles. The molecule has 0 aliphatic rings. The van der Waals surface area contributed by atoms with E-state index in [2.05, 4.69) is 10.6 Å². The van der Waals surface area contributed by atoms with Gasteiger partial charge in [-0.15, -0.1) is 0 Å². The van der Waals surface area contributed by atoms with Gasteiger partial charge in [-0.1, -0.05) is 24.3 Å². The molecule has 2 aromatic carbocycles. The van der Waals surface area contributed by atoms with Crippen molar-refractivity contribution in [2.45, 2.75) is 19.5 Å². The monoisotopic (exact) mass is 346 g/mol. The minimum absolute atomic E-state index is 0.122. The summed E-state index contributed by atoms with van der Waals surface area (Å²) in [6.45, 7) is 1.33. The van der Waals surface area contributed by atoms with E-state index in [1.54, 1.807) is 32.4 Å². The van der Waals surface area contributed by atoms with Gasteiger partial charge in [0.15, 0.2) is 11.5 Å². The molecule has 0 saturated heterocycles. The van der Waals surface area contributed by atoms with E-state index in [0.29, 0.717) is 36.6 Å². The van der Waals surface area contributed by atoms with Gasteiger partial charge in [0, 0.05) is 31.6 Å². The van der Waals surface area contributed by atoms with Crippen LogP contribution < -0.4 is 20.1 Å². The number of rotatable bonds is 9. The van der Waals surface area contributed by atoms with E-state index in [-0.39, 0.29) is 18.3 Å². The Hall–Kier alpha value is -2.60. The second-order valence-corrected chi connectivity index (χ2v) is 5.48. The van der Waals surface area contributed by atoms with E-state index in [4.69, 9.17) is 9.47 Å². The second-order valence-electron chi connectivity index (χ2n) is 5.48. The largest absolute Gasteiger partial charge is 0.493 e. The number of carbonyl (C=O) groups excluding carboxylic acids is 1. The van der Waals surface area contributed by atoms with Crippen LogP contribution in [0.15, 0.2) is 42.5 Å². The van der Waals surface area contributed by atoms with Gasteiger partial charge in [-0.2, -0.15) is 0 Å². The predicted molar refractivity (Wildman–Crippen MR) is 94.1 cm³/mol. The zero-order valence-corrected chi connectivity index (χ0v) is 14.5. The summed E-state index contributed by atoms with van der Waals surface area (Å²) in [5, 5.41) is 5.92. The van der Waals surface area contributed by atoms with Crippen LogP contribution in [0.4, 0.5) is 4.39 Å². The van der Waals surface area contributed by atoms with Crippen LogP contribution in [-0.2, 0) is 17.9 Å². The van der Waals surface area contributed by atoms with Gasteiger partial charge in [-0.3, -0.25) is 4.79 Å². The van der Waals surface area contributed by atoms with Gasteiger partial charge in [-0.05, 0) is 23.8 Å². The highest BCUT2D eigenvalue weighted by atomic mass is 19.1. The molecule has 0 spiro atoms. The molecule has 0 unspecified atom stereocenters. The predicted octanol–water partition coefficient (Wildman–Crippen LogP) is 2.64. The third-order valence-corrected chi connectivity index (χ3v) is 3.74. The summed E-state index contributed by atoms with van der Waals surface area (Å²) in [5.41, 5.74) is 1.51. The van der Waals surface area contributed by atoms with E-state index >= 15 is 0 Å². The third kappa shape index (κ3) is 5.76. The van der Waals surface area contributed by atoms with Crippen molar-refractivity contribution in [2.75, 3.05) is 20.8 Å². The Morgan fingerprint density at radius 1 is 1.04 bits per heavy atom. The highest BCUT2D eigenvalue weighted by molar-refractivity contribution is 5.76. The van der Waals surface area contributed by atoms with Crippen LogP contribution in [0.1, 0.15) is 17.5 Å². The average molecular weight is 346 g/mol. The summed E-state index contributed by atoms with van der Waals surface area (Å²) >= 11 is 0. The van der Waals surface area contributed by atoms with Crippen LogP contribution in [0.25, 0.3) is 0 Å². The van der Waals surface area contributed by atoms with Crippen molar-refractivity contribution in [2.24, 2.45) is 0 Å². The molecule has 0 saturated carbocycles. The number of carbonyl (C=O) groups is 1. The van der Waals surface area contributed by atoms with Gasteiger partial charge in [0.25, 0.3) is 0 Å². The number of benzene rings is 2. The van der Waals surface area contributed by atoms with Crippen LogP contribution >= 0.6 is 0 Å². The summed E-state index contributed by atoms with van der Waals surface area (Å²) in [6, 6.07) is 12.1. The number of hydrogen-bond acceptors (Lipinski definition) is 4. The zero-order valence-electron chi connectivity index (χ0n) is 14.5. The van der Waals surface area contributed by atoms with E-state index in [9.17, 15) is 9.18 Å². The van der Waals surface area contributed by atoms with E-state index < -0.39 is 0 Å². The summed E-state index contributed by atoms with van der Waals surface area (Å²) in [7, 11) is 3.19. The quantitative estimate of drug-likeness (QED) is 0.686. The minimum atomic E-state index is -0.311. The van der Waals surface area contributed by atoms with Gasteiger partial charge < -0.3 is 20.1 Å². The van der Waals surface area contributed by atoms with Crippen LogP contribution in [0.2, 0.25) is 0 Å². The normalized spacial score (nSPS) is 10.4. The molecule has 2 aromatic rings. The average Bonchev–Trinajstić information content (AvgIpc) is 2.64. The Morgan fingerprint density at radius 3 is 2.52 bits per heavy atom. The van der Waals surface area contributed by atoms with Crippen LogP contribution in [0, 0.1) is 5.82 Å². The highest BCUT2D eigenvalue weighted by Gasteiger charge is 2.06. The first-order valence-electron chi connectivity index (χ1n) is 8.05. The number of nitrogens with one attached hydrogen (secondary N) is 2. The molecule has 5 nitrogen and oxygen atoms in total. The fourth-order valence-electron chi connectivity index (χ4n) is 2.35. The van der Waals surface area contributed by atoms with Crippen LogP contribution in [0.3, 0.4) is 0 Å². The van der Waals surface area contributed by atoms with Crippen molar-refractivity contribution in [3.63, 3.8) is 0 Å². The molecular formula is C19H23FN2O3. The zero-order chi connectivity index (χ0) is 18.1. The van der Waals surface area contributed by atoms with E-state index in [1.165, 1.54) is 6.07 Å². The number of halogens is 1.